The van der Waals surface area contributed by atoms with Gasteiger partial charge in [0, 0.05) is 5.56 Å². The Bertz CT molecular complexity index is 982. The molecular weight excluding hydrogens is 346 g/mol. The van der Waals surface area contributed by atoms with Crippen molar-refractivity contribution in [2.45, 2.75) is 12.5 Å². The SMILES string of the molecule is COc1ccc(C(=O)Nc2nc3n(n2)C(c2ccccc2)CC(=O)N3)cc1. The first-order chi connectivity index (χ1) is 13.1. The van der Waals surface area contributed by atoms with Gasteiger partial charge in [-0.1, -0.05) is 30.3 Å². The average Bonchev–Trinajstić information content (AvgIpc) is 3.10. The second kappa shape index (κ2) is 6.91. The van der Waals surface area contributed by atoms with Crippen LogP contribution < -0.4 is 15.4 Å². The molecule has 2 amide bonds. The van der Waals surface area contributed by atoms with E-state index in [-0.39, 0.29) is 30.2 Å². The van der Waals surface area contributed by atoms with Crippen molar-refractivity contribution >= 4 is 23.7 Å². The molecule has 0 saturated heterocycles. The minimum Gasteiger partial charge on any atom is -0.497 e. The highest BCUT2D eigenvalue weighted by atomic mass is 16.5. The van der Waals surface area contributed by atoms with E-state index in [4.69, 9.17) is 4.74 Å². The molecule has 2 N–H and O–H groups in total. The molecule has 0 saturated carbocycles. The van der Waals surface area contributed by atoms with Crippen molar-refractivity contribution in [3.05, 3.63) is 65.7 Å². The summed E-state index contributed by atoms with van der Waals surface area (Å²) in [6, 6.07) is 16.0. The molecule has 1 unspecified atom stereocenters. The number of nitrogens with zero attached hydrogens (tertiary/aromatic N) is 3. The van der Waals surface area contributed by atoms with Gasteiger partial charge in [0.2, 0.25) is 11.9 Å². The van der Waals surface area contributed by atoms with Crippen molar-refractivity contribution in [2.24, 2.45) is 0 Å². The third kappa shape index (κ3) is 3.37. The predicted octanol–water partition coefficient (Wildman–Crippen LogP) is 2.47. The van der Waals surface area contributed by atoms with Gasteiger partial charge in [-0.05, 0) is 29.8 Å². The number of carbonyl (C=O) groups excluding carboxylic acids is 2. The van der Waals surface area contributed by atoms with Crippen molar-refractivity contribution in [1.29, 1.82) is 0 Å². The van der Waals surface area contributed by atoms with Crippen LogP contribution in [0.15, 0.2) is 54.6 Å². The summed E-state index contributed by atoms with van der Waals surface area (Å²) in [5.41, 5.74) is 1.40. The second-order valence-electron chi connectivity index (χ2n) is 6.06. The molecule has 0 fully saturated rings. The van der Waals surface area contributed by atoms with E-state index >= 15 is 0 Å². The molecule has 27 heavy (non-hydrogen) atoms. The van der Waals surface area contributed by atoms with Crippen LogP contribution in [-0.4, -0.2) is 33.7 Å². The monoisotopic (exact) mass is 363 g/mol. The summed E-state index contributed by atoms with van der Waals surface area (Å²) in [5.74, 6) is 0.620. The van der Waals surface area contributed by atoms with E-state index in [2.05, 4.69) is 20.7 Å². The number of aromatic nitrogens is 3. The fourth-order valence-electron chi connectivity index (χ4n) is 2.97. The molecule has 1 aromatic heterocycles. The largest absolute Gasteiger partial charge is 0.497 e. The van der Waals surface area contributed by atoms with Gasteiger partial charge in [0.25, 0.3) is 11.9 Å². The number of benzene rings is 2. The van der Waals surface area contributed by atoms with Crippen LogP contribution in [0.1, 0.15) is 28.4 Å². The number of ether oxygens (including phenoxy) is 1. The lowest BCUT2D eigenvalue weighted by Crippen LogP contribution is -2.29. The van der Waals surface area contributed by atoms with Crippen LogP contribution in [0.4, 0.5) is 11.9 Å². The first kappa shape index (κ1) is 16.8. The van der Waals surface area contributed by atoms with Gasteiger partial charge in [-0.3, -0.25) is 20.2 Å². The highest BCUT2D eigenvalue weighted by Crippen LogP contribution is 2.29. The lowest BCUT2D eigenvalue weighted by Gasteiger charge is -2.23. The molecular formula is C19H17N5O3. The molecule has 0 aliphatic carbocycles. The number of hydrogen-bond donors (Lipinski definition) is 2. The van der Waals surface area contributed by atoms with E-state index in [1.54, 1.807) is 36.1 Å². The topological polar surface area (TPSA) is 98.1 Å². The number of fused-ring (bicyclic) bond motifs is 1. The van der Waals surface area contributed by atoms with Crippen molar-refractivity contribution < 1.29 is 14.3 Å². The van der Waals surface area contributed by atoms with E-state index in [1.165, 1.54) is 0 Å². The number of anilines is 2. The molecule has 1 atom stereocenters. The van der Waals surface area contributed by atoms with Crippen LogP contribution in [0.3, 0.4) is 0 Å². The third-order valence-electron chi connectivity index (χ3n) is 4.32. The van der Waals surface area contributed by atoms with Gasteiger partial charge in [0.1, 0.15) is 5.75 Å². The van der Waals surface area contributed by atoms with Gasteiger partial charge < -0.3 is 4.74 Å². The Morgan fingerprint density at radius 2 is 1.93 bits per heavy atom. The van der Waals surface area contributed by atoms with Crippen LogP contribution in [0, 0.1) is 0 Å². The van der Waals surface area contributed by atoms with Gasteiger partial charge in [0.05, 0.1) is 19.6 Å². The molecule has 0 spiro atoms. The van der Waals surface area contributed by atoms with Crippen LogP contribution in [0.5, 0.6) is 5.75 Å². The molecule has 136 valence electrons. The van der Waals surface area contributed by atoms with Crippen molar-refractivity contribution in [2.75, 3.05) is 17.7 Å². The fourth-order valence-corrected chi connectivity index (χ4v) is 2.97. The van der Waals surface area contributed by atoms with Gasteiger partial charge >= 0.3 is 0 Å². The Balaban J connectivity index is 1.59. The van der Waals surface area contributed by atoms with E-state index in [0.717, 1.165) is 5.56 Å². The van der Waals surface area contributed by atoms with Gasteiger partial charge in [-0.2, -0.15) is 4.98 Å². The summed E-state index contributed by atoms with van der Waals surface area (Å²) < 4.78 is 6.71. The molecule has 2 aromatic carbocycles. The smallest absolute Gasteiger partial charge is 0.258 e. The molecule has 1 aliphatic heterocycles. The zero-order valence-electron chi connectivity index (χ0n) is 14.5. The van der Waals surface area contributed by atoms with Crippen LogP contribution in [-0.2, 0) is 4.79 Å². The lowest BCUT2D eigenvalue weighted by atomic mass is 10.0. The summed E-state index contributed by atoms with van der Waals surface area (Å²) in [7, 11) is 1.56. The number of rotatable bonds is 4. The minimum atomic E-state index is -0.344. The predicted molar refractivity (Wildman–Crippen MR) is 98.8 cm³/mol. The minimum absolute atomic E-state index is 0.133. The Hall–Kier alpha value is -3.68. The number of carbonyl (C=O) groups is 2. The number of methoxy groups -OCH3 is 1. The normalized spacial score (nSPS) is 15.6. The lowest BCUT2D eigenvalue weighted by molar-refractivity contribution is -0.117. The fraction of sp³-hybridized carbons (Fsp3) is 0.158. The maximum absolute atomic E-state index is 12.4. The highest BCUT2D eigenvalue weighted by Gasteiger charge is 2.29. The highest BCUT2D eigenvalue weighted by molar-refractivity contribution is 6.03. The van der Waals surface area contributed by atoms with Crippen molar-refractivity contribution in [3.8, 4) is 5.75 Å². The molecule has 2 heterocycles. The Morgan fingerprint density at radius 1 is 1.19 bits per heavy atom. The third-order valence-corrected chi connectivity index (χ3v) is 4.32. The quantitative estimate of drug-likeness (QED) is 0.742. The van der Waals surface area contributed by atoms with Gasteiger partial charge in [0.15, 0.2) is 0 Å². The first-order valence-corrected chi connectivity index (χ1v) is 8.41. The standard InChI is InChI=1S/C19H17N5O3/c1-27-14-9-7-13(8-10-14)17(26)21-18-22-19-20-16(25)11-15(24(19)23-18)12-5-3-2-4-6-12/h2-10,15H,11H2,1H3,(H2,20,21,22,23,25,26). The molecule has 1 aliphatic rings. The summed E-state index contributed by atoms with van der Waals surface area (Å²) >= 11 is 0. The first-order valence-electron chi connectivity index (χ1n) is 8.41. The summed E-state index contributed by atoms with van der Waals surface area (Å²) in [5, 5.41) is 9.73. The Kier molecular flexibility index (Phi) is 4.29. The summed E-state index contributed by atoms with van der Waals surface area (Å²) in [6.07, 6.45) is 0.256. The number of hydrogen-bond acceptors (Lipinski definition) is 5. The number of amides is 2. The zero-order valence-corrected chi connectivity index (χ0v) is 14.5. The summed E-state index contributed by atoms with van der Waals surface area (Å²) in [4.78, 5) is 28.7. The zero-order chi connectivity index (χ0) is 18.8. The molecule has 8 nitrogen and oxygen atoms in total. The van der Waals surface area contributed by atoms with E-state index < -0.39 is 0 Å². The van der Waals surface area contributed by atoms with Gasteiger partial charge in [-0.15, -0.1) is 5.10 Å². The number of nitrogens with one attached hydrogen (secondary N) is 2. The van der Waals surface area contributed by atoms with E-state index in [1.807, 2.05) is 30.3 Å². The molecule has 4 rings (SSSR count). The average molecular weight is 363 g/mol. The maximum atomic E-state index is 12.4. The second-order valence-corrected chi connectivity index (χ2v) is 6.06. The molecule has 8 heteroatoms. The molecule has 3 aromatic rings. The van der Waals surface area contributed by atoms with Crippen LogP contribution >= 0.6 is 0 Å². The molecule has 0 bridgehead atoms. The summed E-state index contributed by atoms with van der Waals surface area (Å²) in [6.45, 7) is 0. The Morgan fingerprint density at radius 3 is 2.63 bits per heavy atom. The van der Waals surface area contributed by atoms with E-state index in [9.17, 15) is 9.59 Å². The maximum Gasteiger partial charge on any atom is 0.258 e. The van der Waals surface area contributed by atoms with Crippen molar-refractivity contribution in [1.82, 2.24) is 14.8 Å². The van der Waals surface area contributed by atoms with Crippen molar-refractivity contribution in [3.63, 3.8) is 0 Å². The van der Waals surface area contributed by atoms with Gasteiger partial charge in [-0.25, -0.2) is 4.68 Å². The Labute approximate surface area is 155 Å². The van der Waals surface area contributed by atoms with Crippen LogP contribution in [0.25, 0.3) is 0 Å². The van der Waals surface area contributed by atoms with E-state index in [0.29, 0.717) is 17.3 Å². The molecule has 0 radical (unpaired) electrons. The van der Waals surface area contributed by atoms with Crippen LogP contribution in [0.2, 0.25) is 0 Å².